The molecule has 2 atom stereocenters. The first-order valence-electron chi connectivity index (χ1n) is 11.4. The lowest BCUT2D eigenvalue weighted by Crippen LogP contribution is -2.22. The molecule has 0 bridgehead atoms. The van der Waals surface area contributed by atoms with Crippen LogP contribution in [0.4, 0.5) is 0 Å². The third kappa shape index (κ3) is 4.46. The number of aromatic nitrogens is 2. The summed E-state index contributed by atoms with van der Waals surface area (Å²) < 4.78 is 31.8. The molecule has 6 nitrogen and oxygen atoms in total. The van der Waals surface area contributed by atoms with Crippen molar-refractivity contribution in [3.05, 3.63) is 53.1 Å². The molecule has 3 heterocycles. The van der Waals surface area contributed by atoms with Crippen molar-refractivity contribution in [3.63, 3.8) is 0 Å². The van der Waals surface area contributed by atoms with Gasteiger partial charge < -0.3 is 4.74 Å². The third-order valence-corrected chi connectivity index (χ3v) is 9.05. The zero-order chi connectivity index (χ0) is 23.2. The van der Waals surface area contributed by atoms with Gasteiger partial charge in [0, 0.05) is 29.5 Å². The van der Waals surface area contributed by atoms with Crippen LogP contribution in [0.1, 0.15) is 55.6 Å². The molecule has 0 spiro atoms. The number of carbonyl (C=O) groups excluding carboxylic acids is 1. The fraction of sp³-hybridized carbons (Fsp3) is 0.440. The number of rotatable bonds is 5. The molecule has 2 unspecified atom stereocenters. The van der Waals surface area contributed by atoms with Crippen molar-refractivity contribution in [2.45, 2.75) is 45.3 Å². The molecule has 2 aromatic carbocycles. The number of carbonyl (C=O) groups is 1. The summed E-state index contributed by atoms with van der Waals surface area (Å²) in [5.74, 6) is 0.175. The highest BCUT2D eigenvalue weighted by Crippen LogP contribution is 2.38. The van der Waals surface area contributed by atoms with Gasteiger partial charge in [-0.05, 0) is 49.3 Å². The van der Waals surface area contributed by atoms with Crippen molar-refractivity contribution in [3.8, 4) is 11.3 Å². The Morgan fingerprint density at radius 2 is 2.06 bits per heavy atom. The third-order valence-electron chi connectivity index (χ3n) is 6.76. The van der Waals surface area contributed by atoms with Crippen LogP contribution in [-0.4, -0.2) is 42.1 Å². The largest absolute Gasteiger partial charge is 0.356 e. The smallest absolute Gasteiger partial charge is 0.163 e. The van der Waals surface area contributed by atoms with Gasteiger partial charge >= 0.3 is 0 Å². The minimum absolute atomic E-state index is 0.0480. The number of nitrogens with zero attached hydrogens (tertiary/aromatic N) is 2. The fourth-order valence-corrected chi connectivity index (χ4v) is 7.49. The van der Waals surface area contributed by atoms with E-state index in [1.807, 2.05) is 54.1 Å². The van der Waals surface area contributed by atoms with Gasteiger partial charge in [0.1, 0.15) is 5.69 Å². The number of ketones is 1. The van der Waals surface area contributed by atoms with Crippen LogP contribution in [-0.2, 0) is 14.6 Å². The summed E-state index contributed by atoms with van der Waals surface area (Å²) >= 11 is 6.49. The molecule has 3 aromatic rings. The van der Waals surface area contributed by atoms with E-state index in [-0.39, 0.29) is 29.9 Å². The first-order valence-corrected chi connectivity index (χ1v) is 13.6. The predicted molar refractivity (Wildman–Crippen MR) is 129 cm³/mol. The molecule has 1 aromatic heterocycles. The number of Topliss-reactive ketones (excluding diaryl/α,β-unsaturated/α-hetero) is 1. The summed E-state index contributed by atoms with van der Waals surface area (Å²) in [6.07, 6.45) is 3.47. The highest BCUT2D eigenvalue weighted by molar-refractivity contribution is 7.91. The Hall–Kier alpha value is -2.22. The van der Waals surface area contributed by atoms with E-state index in [9.17, 15) is 13.2 Å². The molecule has 174 valence electrons. The molecular formula is C25H27ClN2O4S. The summed E-state index contributed by atoms with van der Waals surface area (Å²) in [6, 6.07) is 13.2. The Morgan fingerprint density at radius 3 is 2.76 bits per heavy atom. The normalized spacial score (nSPS) is 24.8. The van der Waals surface area contributed by atoms with Crippen LogP contribution >= 0.6 is 11.6 Å². The minimum atomic E-state index is -3.06. The van der Waals surface area contributed by atoms with E-state index in [1.54, 1.807) is 0 Å². The SMILES string of the molecule is CC1(CC(=O)c2ccc3c(-c4ccccc4Cl)nn(C4CCCCO4)c3c2)CCS(=O)(=O)C1. The topological polar surface area (TPSA) is 78.3 Å². The summed E-state index contributed by atoms with van der Waals surface area (Å²) in [5.41, 5.74) is 2.47. The average Bonchev–Trinajstić information content (AvgIpc) is 3.30. The summed E-state index contributed by atoms with van der Waals surface area (Å²) in [4.78, 5) is 13.2. The molecular weight excluding hydrogens is 460 g/mol. The van der Waals surface area contributed by atoms with Crippen LogP contribution in [0, 0.1) is 5.41 Å². The molecule has 0 radical (unpaired) electrons. The predicted octanol–water partition coefficient (Wildman–Crippen LogP) is 5.45. The molecule has 2 saturated heterocycles. The number of ether oxygens (including phenoxy) is 1. The Labute approximate surface area is 198 Å². The Morgan fingerprint density at radius 1 is 1.24 bits per heavy atom. The second kappa shape index (κ2) is 8.53. The maximum absolute atomic E-state index is 13.2. The van der Waals surface area contributed by atoms with E-state index < -0.39 is 15.3 Å². The van der Waals surface area contributed by atoms with Crippen molar-refractivity contribution in [1.29, 1.82) is 0 Å². The minimum Gasteiger partial charge on any atom is -0.356 e. The van der Waals surface area contributed by atoms with Gasteiger partial charge in [-0.1, -0.05) is 42.8 Å². The standard InChI is InChI=1S/C25H27ClN2O4S/c1-25(11-13-33(30,31)16-25)15-22(29)17-9-10-19-21(14-17)28(23-8-4-5-12-32-23)27-24(19)18-6-2-3-7-20(18)26/h2-3,6-7,9-10,14,23H,4-5,8,11-13,15-16H2,1H3. The number of sulfone groups is 1. The van der Waals surface area contributed by atoms with Crippen molar-refractivity contribution in [1.82, 2.24) is 9.78 Å². The molecule has 2 aliphatic rings. The van der Waals surface area contributed by atoms with Crippen molar-refractivity contribution in [2.75, 3.05) is 18.1 Å². The summed E-state index contributed by atoms with van der Waals surface area (Å²) in [7, 11) is -3.06. The van der Waals surface area contributed by atoms with Crippen LogP contribution in [0.2, 0.25) is 5.02 Å². The molecule has 2 fully saturated rings. The van der Waals surface area contributed by atoms with Crippen molar-refractivity contribution < 1.29 is 17.9 Å². The number of halogens is 1. The zero-order valence-electron chi connectivity index (χ0n) is 18.6. The van der Waals surface area contributed by atoms with E-state index in [1.165, 1.54) is 0 Å². The van der Waals surface area contributed by atoms with Gasteiger partial charge in [-0.3, -0.25) is 4.79 Å². The van der Waals surface area contributed by atoms with Gasteiger partial charge in [0.15, 0.2) is 21.8 Å². The van der Waals surface area contributed by atoms with Crippen LogP contribution < -0.4 is 0 Å². The monoisotopic (exact) mass is 486 g/mol. The van der Waals surface area contributed by atoms with Crippen LogP contribution in [0.15, 0.2) is 42.5 Å². The van der Waals surface area contributed by atoms with E-state index in [0.29, 0.717) is 23.6 Å². The molecule has 33 heavy (non-hydrogen) atoms. The Kier molecular flexibility index (Phi) is 5.83. The fourth-order valence-electron chi connectivity index (χ4n) is 5.00. The quantitative estimate of drug-likeness (QED) is 0.448. The molecule has 8 heteroatoms. The maximum Gasteiger partial charge on any atom is 0.163 e. The van der Waals surface area contributed by atoms with Gasteiger partial charge in [-0.25, -0.2) is 13.1 Å². The van der Waals surface area contributed by atoms with Crippen LogP contribution in [0.5, 0.6) is 0 Å². The maximum atomic E-state index is 13.2. The number of benzene rings is 2. The van der Waals surface area contributed by atoms with Crippen molar-refractivity contribution in [2.24, 2.45) is 5.41 Å². The van der Waals surface area contributed by atoms with Crippen LogP contribution in [0.25, 0.3) is 22.2 Å². The van der Waals surface area contributed by atoms with Crippen molar-refractivity contribution >= 4 is 38.1 Å². The highest BCUT2D eigenvalue weighted by atomic mass is 35.5. The molecule has 0 N–H and O–H groups in total. The second-order valence-electron chi connectivity index (χ2n) is 9.58. The summed E-state index contributed by atoms with van der Waals surface area (Å²) in [5, 5.41) is 6.42. The van der Waals surface area contributed by atoms with Gasteiger partial charge in [-0.2, -0.15) is 5.10 Å². The van der Waals surface area contributed by atoms with Gasteiger partial charge in [0.05, 0.1) is 22.0 Å². The molecule has 2 aliphatic heterocycles. The Bertz CT molecular complexity index is 1330. The van der Waals surface area contributed by atoms with E-state index in [0.717, 1.165) is 41.4 Å². The molecule has 0 saturated carbocycles. The zero-order valence-corrected chi connectivity index (χ0v) is 20.2. The first-order chi connectivity index (χ1) is 15.7. The number of hydrogen-bond acceptors (Lipinski definition) is 5. The second-order valence-corrected chi connectivity index (χ2v) is 12.2. The molecule has 0 amide bonds. The Balaban J connectivity index is 1.56. The lowest BCUT2D eigenvalue weighted by atomic mass is 9.83. The van der Waals surface area contributed by atoms with Gasteiger partial charge in [0.2, 0.25) is 0 Å². The van der Waals surface area contributed by atoms with Crippen LogP contribution in [0.3, 0.4) is 0 Å². The van der Waals surface area contributed by atoms with E-state index in [4.69, 9.17) is 21.4 Å². The van der Waals surface area contributed by atoms with Gasteiger partial charge in [0.25, 0.3) is 0 Å². The van der Waals surface area contributed by atoms with E-state index in [2.05, 4.69) is 0 Å². The lowest BCUT2D eigenvalue weighted by Gasteiger charge is -2.23. The van der Waals surface area contributed by atoms with Gasteiger partial charge in [-0.15, -0.1) is 0 Å². The number of hydrogen-bond donors (Lipinski definition) is 0. The molecule has 0 aliphatic carbocycles. The first kappa shape index (κ1) is 22.6. The summed E-state index contributed by atoms with van der Waals surface area (Å²) in [6.45, 7) is 2.57. The molecule has 5 rings (SSSR count). The number of fused-ring (bicyclic) bond motifs is 1. The lowest BCUT2D eigenvalue weighted by molar-refractivity contribution is -0.0365. The highest BCUT2D eigenvalue weighted by Gasteiger charge is 2.40. The average molecular weight is 487 g/mol. The van der Waals surface area contributed by atoms with E-state index >= 15 is 0 Å².